The molecule has 4 rings (SSSR count). The first-order valence-electron chi connectivity index (χ1n) is 10.2. The minimum atomic E-state index is -4.31. The van der Waals surface area contributed by atoms with E-state index in [9.17, 15) is 28.0 Å². The Morgan fingerprint density at radius 1 is 1.14 bits per heavy atom. The number of esters is 1. The van der Waals surface area contributed by atoms with Crippen molar-refractivity contribution in [3.63, 3.8) is 0 Å². The second-order valence-electron chi connectivity index (χ2n) is 7.37. The van der Waals surface area contributed by atoms with Crippen LogP contribution >= 0.6 is 34.5 Å². The van der Waals surface area contributed by atoms with Crippen LogP contribution in [0.2, 0.25) is 10.0 Å². The summed E-state index contributed by atoms with van der Waals surface area (Å²) in [6.45, 7) is -0.702. The van der Waals surface area contributed by atoms with E-state index in [-0.39, 0.29) is 31.9 Å². The number of ether oxygens (including phenoxy) is 1. The molecule has 3 aromatic carbocycles. The standard InChI is InChI=1S/C24H14Cl2FN3O5S2/c25-17-10-18(26)22(37(33,34)30-14-7-5-13(27)6-8-14)9-15(17)24(32)35-12-20(31)16(11-28)23-29-19-3-1-2-4-21(19)36-23/h1-10,30-31H,12H2. The number of nitrogens with zero attached hydrogens (tertiary/aromatic N) is 2. The lowest BCUT2D eigenvalue weighted by molar-refractivity contribution is 0.0503. The van der Waals surface area contributed by atoms with Gasteiger partial charge in [0.15, 0.2) is 5.76 Å². The van der Waals surface area contributed by atoms with Crippen LogP contribution < -0.4 is 4.72 Å². The monoisotopic (exact) mass is 577 g/mol. The molecule has 8 nitrogen and oxygen atoms in total. The first kappa shape index (κ1) is 26.4. The molecule has 13 heteroatoms. The largest absolute Gasteiger partial charge is 0.507 e. The molecule has 0 unspecified atom stereocenters. The zero-order valence-electron chi connectivity index (χ0n) is 18.4. The minimum absolute atomic E-state index is 0.0606. The number of hydrogen-bond donors (Lipinski definition) is 2. The Kier molecular flexibility index (Phi) is 7.65. The lowest BCUT2D eigenvalue weighted by Crippen LogP contribution is -2.16. The van der Waals surface area contributed by atoms with E-state index >= 15 is 0 Å². The summed E-state index contributed by atoms with van der Waals surface area (Å²) in [6.07, 6.45) is 0. The lowest BCUT2D eigenvalue weighted by atomic mass is 10.2. The first-order chi connectivity index (χ1) is 17.6. The van der Waals surface area contributed by atoms with Gasteiger partial charge in [0.25, 0.3) is 10.0 Å². The van der Waals surface area contributed by atoms with Gasteiger partial charge in [0.1, 0.15) is 34.0 Å². The maximum atomic E-state index is 13.1. The molecule has 37 heavy (non-hydrogen) atoms. The molecule has 0 saturated heterocycles. The van der Waals surface area contributed by atoms with Crippen molar-refractivity contribution in [2.24, 2.45) is 0 Å². The maximum Gasteiger partial charge on any atom is 0.340 e. The smallest absolute Gasteiger partial charge is 0.340 e. The van der Waals surface area contributed by atoms with Gasteiger partial charge >= 0.3 is 5.97 Å². The molecular formula is C24H14Cl2FN3O5S2. The van der Waals surface area contributed by atoms with Gasteiger partial charge in [-0.25, -0.2) is 22.6 Å². The predicted molar refractivity (Wildman–Crippen MR) is 139 cm³/mol. The zero-order valence-corrected chi connectivity index (χ0v) is 21.6. The Morgan fingerprint density at radius 2 is 1.84 bits per heavy atom. The highest BCUT2D eigenvalue weighted by Crippen LogP contribution is 2.31. The predicted octanol–water partition coefficient (Wildman–Crippen LogP) is 6.19. The summed E-state index contributed by atoms with van der Waals surface area (Å²) in [5.41, 5.74) is 0.168. The number of nitrogens with one attached hydrogen (secondary N) is 1. The Hall–Kier alpha value is -3.69. The highest BCUT2D eigenvalue weighted by molar-refractivity contribution is 7.92. The van der Waals surface area contributed by atoms with E-state index < -0.39 is 39.1 Å². The van der Waals surface area contributed by atoms with Crippen LogP contribution in [-0.2, 0) is 14.8 Å². The molecular weight excluding hydrogens is 564 g/mol. The molecule has 0 saturated carbocycles. The van der Waals surface area contributed by atoms with E-state index in [1.54, 1.807) is 18.2 Å². The number of sulfonamides is 1. The summed E-state index contributed by atoms with van der Waals surface area (Å²) < 4.78 is 46.9. The van der Waals surface area contributed by atoms with Crippen molar-refractivity contribution in [2.75, 3.05) is 11.3 Å². The average Bonchev–Trinajstić information content (AvgIpc) is 3.28. The molecule has 0 radical (unpaired) electrons. The number of rotatable bonds is 7. The minimum Gasteiger partial charge on any atom is -0.507 e. The maximum absolute atomic E-state index is 13.1. The fourth-order valence-electron chi connectivity index (χ4n) is 3.12. The normalized spacial score (nSPS) is 12.1. The molecule has 1 aromatic heterocycles. The summed E-state index contributed by atoms with van der Waals surface area (Å²) in [7, 11) is -4.31. The van der Waals surface area contributed by atoms with Crippen molar-refractivity contribution in [1.29, 1.82) is 5.26 Å². The van der Waals surface area contributed by atoms with Crippen LogP contribution in [-0.4, -0.2) is 31.1 Å². The molecule has 4 aromatic rings. The number of allylic oxidation sites excluding steroid dienone is 1. The Balaban J connectivity index is 1.57. The first-order valence-corrected chi connectivity index (χ1v) is 13.3. The summed E-state index contributed by atoms with van der Waals surface area (Å²) in [5.74, 6) is -2.18. The van der Waals surface area contributed by atoms with Gasteiger partial charge in [-0.3, -0.25) is 4.72 Å². The van der Waals surface area contributed by atoms with Gasteiger partial charge in [-0.1, -0.05) is 35.3 Å². The van der Waals surface area contributed by atoms with Crippen LogP contribution in [0.1, 0.15) is 15.4 Å². The van der Waals surface area contributed by atoms with Crippen molar-refractivity contribution < 1.29 is 27.4 Å². The Bertz CT molecular complexity index is 1660. The zero-order chi connectivity index (χ0) is 26.7. The fourth-order valence-corrected chi connectivity index (χ4v) is 6.01. The van der Waals surface area contributed by atoms with Crippen molar-refractivity contribution in [2.45, 2.75) is 4.90 Å². The molecule has 0 aliphatic rings. The second-order valence-corrected chi connectivity index (χ2v) is 10.9. The van der Waals surface area contributed by atoms with Crippen molar-refractivity contribution in [3.8, 4) is 6.07 Å². The van der Waals surface area contributed by atoms with Crippen LogP contribution in [0.4, 0.5) is 10.1 Å². The van der Waals surface area contributed by atoms with E-state index in [1.807, 2.05) is 12.1 Å². The molecule has 0 amide bonds. The molecule has 188 valence electrons. The number of anilines is 1. The lowest BCUT2D eigenvalue weighted by Gasteiger charge is -2.12. The SMILES string of the molecule is N#CC(=C(O)COC(=O)c1cc(S(=O)(=O)Nc2ccc(F)cc2)c(Cl)cc1Cl)c1nc2ccccc2s1. The third kappa shape index (κ3) is 5.84. The number of aliphatic hydroxyl groups excluding tert-OH is 1. The number of aliphatic hydroxyl groups is 1. The second kappa shape index (κ2) is 10.7. The van der Waals surface area contributed by atoms with Crippen molar-refractivity contribution >= 4 is 72.0 Å². The molecule has 0 aliphatic carbocycles. The highest BCUT2D eigenvalue weighted by atomic mass is 35.5. The van der Waals surface area contributed by atoms with Crippen molar-refractivity contribution in [1.82, 2.24) is 4.98 Å². The Labute approximate surface area is 224 Å². The van der Waals surface area contributed by atoms with Crippen LogP contribution in [0, 0.1) is 17.1 Å². The van der Waals surface area contributed by atoms with Gasteiger partial charge in [0, 0.05) is 5.69 Å². The summed E-state index contributed by atoms with van der Waals surface area (Å²) in [5, 5.41) is 19.7. The molecule has 1 heterocycles. The van der Waals surface area contributed by atoms with Crippen LogP contribution in [0.5, 0.6) is 0 Å². The molecule has 0 atom stereocenters. The molecule has 2 N–H and O–H groups in total. The van der Waals surface area contributed by atoms with Gasteiger partial charge in [0.2, 0.25) is 0 Å². The van der Waals surface area contributed by atoms with Crippen molar-refractivity contribution in [3.05, 3.63) is 92.9 Å². The summed E-state index contributed by atoms with van der Waals surface area (Å²) in [6, 6.07) is 15.5. The van der Waals surface area contributed by atoms with E-state index in [0.717, 1.165) is 29.0 Å². The number of carbonyl (C=O) groups is 1. The number of fused-ring (bicyclic) bond motifs is 1. The van der Waals surface area contributed by atoms with Gasteiger partial charge in [-0.05, 0) is 48.5 Å². The van der Waals surface area contributed by atoms with Crippen LogP contribution in [0.15, 0.2) is 71.3 Å². The number of para-hydroxylation sites is 1. The number of thiazole rings is 1. The fraction of sp³-hybridized carbons (Fsp3) is 0.0417. The summed E-state index contributed by atoms with van der Waals surface area (Å²) >= 11 is 13.3. The number of aromatic nitrogens is 1. The molecule has 0 spiro atoms. The number of halogens is 3. The highest BCUT2D eigenvalue weighted by Gasteiger charge is 2.24. The number of nitriles is 1. The third-order valence-electron chi connectivity index (χ3n) is 4.88. The average molecular weight is 578 g/mol. The van der Waals surface area contributed by atoms with Gasteiger partial charge in [-0.2, -0.15) is 5.26 Å². The topological polar surface area (TPSA) is 129 Å². The number of benzene rings is 3. The Morgan fingerprint density at radius 3 is 2.51 bits per heavy atom. The van der Waals surface area contributed by atoms with E-state index in [2.05, 4.69) is 9.71 Å². The quantitative estimate of drug-likeness (QED) is 0.152. The van der Waals surface area contributed by atoms with Crippen LogP contribution in [0.3, 0.4) is 0 Å². The molecule has 0 aliphatic heterocycles. The van der Waals surface area contributed by atoms with Crippen LogP contribution in [0.25, 0.3) is 15.8 Å². The van der Waals surface area contributed by atoms with E-state index in [0.29, 0.717) is 5.52 Å². The third-order valence-corrected chi connectivity index (χ3v) is 8.09. The van der Waals surface area contributed by atoms with Gasteiger partial charge < -0.3 is 9.84 Å². The molecule has 0 bridgehead atoms. The molecule has 0 fully saturated rings. The summed E-state index contributed by atoms with van der Waals surface area (Å²) in [4.78, 5) is 16.5. The number of carbonyl (C=O) groups excluding carboxylic acids is 1. The van der Waals surface area contributed by atoms with E-state index in [4.69, 9.17) is 27.9 Å². The van der Waals surface area contributed by atoms with Gasteiger partial charge in [-0.15, -0.1) is 11.3 Å². The number of hydrogen-bond acceptors (Lipinski definition) is 8. The van der Waals surface area contributed by atoms with E-state index in [1.165, 1.54) is 23.5 Å². The van der Waals surface area contributed by atoms with Gasteiger partial charge in [0.05, 0.1) is 25.8 Å².